The minimum atomic E-state index is -3.73. The van der Waals surface area contributed by atoms with Crippen molar-refractivity contribution in [1.29, 1.82) is 0 Å². The highest BCUT2D eigenvalue weighted by Gasteiger charge is 2.13. The zero-order valence-corrected chi connectivity index (χ0v) is 16.6. The van der Waals surface area contributed by atoms with Crippen molar-refractivity contribution >= 4 is 21.6 Å². The largest absolute Gasteiger partial charge is 0.490 e. The highest BCUT2D eigenvalue weighted by molar-refractivity contribution is 7.94. The molecule has 28 heavy (non-hydrogen) atoms. The summed E-state index contributed by atoms with van der Waals surface area (Å²) in [5, 5.41) is 11.8. The predicted molar refractivity (Wildman–Crippen MR) is 107 cm³/mol. The maximum absolute atomic E-state index is 12.4. The van der Waals surface area contributed by atoms with Crippen LogP contribution in [0.3, 0.4) is 0 Å². The first-order chi connectivity index (χ1) is 13.4. The molecule has 0 saturated carbocycles. The van der Waals surface area contributed by atoms with Gasteiger partial charge < -0.3 is 9.47 Å². The first kappa shape index (κ1) is 21.4. The molecule has 0 amide bonds. The van der Waals surface area contributed by atoms with E-state index in [2.05, 4.69) is 6.92 Å². The number of benzene rings is 2. The lowest BCUT2D eigenvalue weighted by Gasteiger charge is -2.12. The van der Waals surface area contributed by atoms with Crippen LogP contribution >= 0.6 is 0 Å². The third-order valence-corrected chi connectivity index (χ3v) is 5.26. The molecule has 0 fully saturated rings. The van der Waals surface area contributed by atoms with E-state index in [-0.39, 0.29) is 10.6 Å². The first-order valence-electron chi connectivity index (χ1n) is 8.94. The van der Waals surface area contributed by atoms with Crippen molar-refractivity contribution in [2.45, 2.75) is 31.6 Å². The third kappa shape index (κ3) is 5.82. The molecule has 7 nitrogen and oxygen atoms in total. The fourth-order valence-electron chi connectivity index (χ4n) is 2.35. The number of hydrogen-bond acceptors (Lipinski definition) is 6. The van der Waals surface area contributed by atoms with Crippen molar-refractivity contribution in [2.75, 3.05) is 13.2 Å². The SMILES string of the molecule is CCCCOc1ccc(/C=C/S(=O)(=O)c2ccc([N+](=O)[O-])cc2)cc1OCC. The molecule has 0 unspecified atom stereocenters. The van der Waals surface area contributed by atoms with Crippen LogP contribution in [-0.4, -0.2) is 26.6 Å². The molecule has 8 heteroatoms. The van der Waals surface area contributed by atoms with Crippen molar-refractivity contribution < 1.29 is 22.8 Å². The monoisotopic (exact) mass is 405 g/mol. The quantitative estimate of drug-likeness (QED) is 0.325. The molecule has 0 aliphatic heterocycles. The molecule has 0 spiro atoms. The van der Waals surface area contributed by atoms with Crippen LogP contribution in [0.15, 0.2) is 52.8 Å². The molecule has 0 aromatic heterocycles. The fourth-order valence-corrected chi connectivity index (χ4v) is 3.36. The summed E-state index contributed by atoms with van der Waals surface area (Å²) < 4.78 is 36.1. The lowest BCUT2D eigenvalue weighted by molar-refractivity contribution is -0.384. The Labute approximate surface area is 164 Å². The van der Waals surface area contributed by atoms with Crippen LogP contribution in [0.5, 0.6) is 11.5 Å². The van der Waals surface area contributed by atoms with E-state index < -0.39 is 14.8 Å². The normalized spacial score (nSPS) is 11.5. The van der Waals surface area contributed by atoms with E-state index >= 15 is 0 Å². The summed E-state index contributed by atoms with van der Waals surface area (Å²) in [7, 11) is -3.73. The summed E-state index contributed by atoms with van der Waals surface area (Å²) in [5.41, 5.74) is 0.472. The van der Waals surface area contributed by atoms with E-state index in [9.17, 15) is 18.5 Å². The van der Waals surface area contributed by atoms with Gasteiger partial charge in [-0.25, -0.2) is 8.42 Å². The minimum Gasteiger partial charge on any atom is -0.490 e. The van der Waals surface area contributed by atoms with Crippen molar-refractivity contribution in [1.82, 2.24) is 0 Å². The molecule has 2 rings (SSSR count). The molecule has 0 aliphatic carbocycles. The predicted octanol–water partition coefficient (Wildman–Crippen LogP) is 4.62. The Morgan fingerprint density at radius 2 is 1.75 bits per heavy atom. The van der Waals surface area contributed by atoms with E-state index in [0.717, 1.165) is 30.4 Å². The Kier molecular flexibility index (Phi) is 7.57. The van der Waals surface area contributed by atoms with Crippen molar-refractivity contribution in [3.63, 3.8) is 0 Å². The number of ether oxygens (including phenoxy) is 2. The van der Waals surface area contributed by atoms with E-state index in [1.807, 2.05) is 6.92 Å². The summed E-state index contributed by atoms with van der Waals surface area (Å²) in [4.78, 5) is 10.1. The molecule has 0 N–H and O–H groups in total. The van der Waals surface area contributed by atoms with Gasteiger partial charge in [-0.05, 0) is 49.2 Å². The van der Waals surface area contributed by atoms with Crippen molar-refractivity contribution in [2.24, 2.45) is 0 Å². The van der Waals surface area contributed by atoms with E-state index in [4.69, 9.17) is 9.47 Å². The van der Waals surface area contributed by atoms with Crippen LogP contribution in [0.25, 0.3) is 6.08 Å². The number of sulfone groups is 1. The third-order valence-electron chi connectivity index (χ3n) is 3.84. The highest BCUT2D eigenvalue weighted by atomic mass is 32.2. The van der Waals surface area contributed by atoms with Crippen molar-refractivity contribution in [3.05, 3.63) is 63.6 Å². The number of non-ortho nitro benzene ring substituents is 1. The fraction of sp³-hybridized carbons (Fsp3) is 0.300. The first-order valence-corrected chi connectivity index (χ1v) is 10.5. The van der Waals surface area contributed by atoms with Crippen molar-refractivity contribution in [3.8, 4) is 11.5 Å². The van der Waals surface area contributed by atoms with Crippen LogP contribution in [0.2, 0.25) is 0 Å². The number of hydrogen-bond donors (Lipinski definition) is 0. The molecule has 0 radical (unpaired) electrons. The molecule has 150 valence electrons. The van der Waals surface area contributed by atoms with E-state index in [1.165, 1.54) is 18.2 Å². The average Bonchev–Trinajstić information content (AvgIpc) is 2.68. The second-order valence-corrected chi connectivity index (χ2v) is 7.77. The van der Waals surface area contributed by atoms with Gasteiger partial charge in [0.1, 0.15) is 0 Å². The number of nitro groups is 1. The van der Waals surface area contributed by atoms with Gasteiger partial charge >= 0.3 is 0 Å². The Bertz CT molecular complexity index is 936. The number of nitrogens with zero attached hydrogens (tertiary/aromatic N) is 1. The van der Waals surface area contributed by atoms with Crippen LogP contribution in [0.1, 0.15) is 32.3 Å². The maximum Gasteiger partial charge on any atom is 0.269 e. The lowest BCUT2D eigenvalue weighted by Crippen LogP contribution is -2.01. The Morgan fingerprint density at radius 1 is 1.04 bits per heavy atom. The second kappa shape index (κ2) is 9.89. The molecule has 0 aliphatic rings. The molecule has 0 saturated heterocycles. The zero-order valence-electron chi connectivity index (χ0n) is 15.8. The van der Waals surface area contributed by atoms with Gasteiger partial charge in [0, 0.05) is 17.5 Å². The average molecular weight is 405 g/mol. The molecular weight excluding hydrogens is 382 g/mol. The van der Waals surface area contributed by atoms with Gasteiger partial charge in [0.15, 0.2) is 21.3 Å². The molecular formula is C20H23NO6S. The Morgan fingerprint density at radius 3 is 2.36 bits per heavy atom. The lowest BCUT2D eigenvalue weighted by atomic mass is 10.2. The van der Waals surface area contributed by atoms with Gasteiger partial charge in [-0.15, -0.1) is 0 Å². The summed E-state index contributed by atoms with van der Waals surface area (Å²) in [6, 6.07) is 9.96. The van der Waals surface area contributed by atoms with Crippen LogP contribution in [0, 0.1) is 10.1 Å². The molecule has 0 heterocycles. The number of nitro benzene ring substituents is 1. The molecule has 2 aromatic carbocycles. The van der Waals surface area contributed by atoms with Gasteiger partial charge in [0.2, 0.25) is 0 Å². The Hall–Kier alpha value is -2.87. The van der Waals surface area contributed by atoms with Crippen LogP contribution in [-0.2, 0) is 9.84 Å². The Balaban J connectivity index is 2.21. The highest BCUT2D eigenvalue weighted by Crippen LogP contribution is 2.29. The summed E-state index contributed by atoms with van der Waals surface area (Å²) in [5.74, 6) is 1.17. The van der Waals surface area contributed by atoms with Gasteiger partial charge in [-0.1, -0.05) is 19.4 Å². The standard InChI is InChI=1S/C20H23NO6S/c1-3-5-13-27-19-11-6-16(15-20(19)26-4-2)12-14-28(24,25)18-9-7-17(8-10-18)21(22)23/h6-12,14-15H,3-5,13H2,1-2H3/b14-12+. The topological polar surface area (TPSA) is 95.7 Å². The number of rotatable bonds is 10. The van der Waals surface area contributed by atoms with E-state index in [1.54, 1.807) is 18.2 Å². The van der Waals surface area contributed by atoms with Gasteiger partial charge in [-0.3, -0.25) is 10.1 Å². The second-order valence-electron chi connectivity index (χ2n) is 5.94. The van der Waals surface area contributed by atoms with Gasteiger partial charge in [0.05, 0.1) is 23.0 Å². The van der Waals surface area contributed by atoms with Crippen LogP contribution < -0.4 is 9.47 Å². The molecule has 2 aromatic rings. The number of unbranched alkanes of at least 4 members (excludes halogenated alkanes) is 1. The van der Waals surface area contributed by atoms with E-state index in [0.29, 0.717) is 30.3 Å². The van der Waals surface area contributed by atoms with Gasteiger partial charge in [0.25, 0.3) is 5.69 Å². The van der Waals surface area contributed by atoms with Gasteiger partial charge in [-0.2, -0.15) is 0 Å². The maximum atomic E-state index is 12.4. The summed E-state index contributed by atoms with van der Waals surface area (Å²) in [6.45, 7) is 4.97. The summed E-state index contributed by atoms with van der Waals surface area (Å²) >= 11 is 0. The van der Waals surface area contributed by atoms with Crippen LogP contribution in [0.4, 0.5) is 5.69 Å². The minimum absolute atomic E-state index is 0.0149. The molecule has 0 bridgehead atoms. The smallest absolute Gasteiger partial charge is 0.269 e. The zero-order chi connectivity index (χ0) is 20.6. The molecule has 0 atom stereocenters. The summed E-state index contributed by atoms with van der Waals surface area (Å²) in [6.07, 6.45) is 3.40.